The number of hydrogen-bond acceptors (Lipinski definition) is 4. The molecule has 1 atom stereocenters. The average molecular weight is 293 g/mol. The zero-order chi connectivity index (χ0) is 14.0. The van der Waals surface area contributed by atoms with Crippen LogP contribution in [0.2, 0.25) is 12.6 Å². The van der Waals surface area contributed by atoms with Crippen molar-refractivity contribution in [2.75, 3.05) is 24.7 Å². The van der Waals surface area contributed by atoms with Gasteiger partial charge < -0.3 is 8.85 Å². The van der Waals surface area contributed by atoms with Gasteiger partial charge in [-0.3, -0.25) is 4.79 Å². The summed E-state index contributed by atoms with van der Waals surface area (Å²) in [6.45, 7) is 11.3. The van der Waals surface area contributed by atoms with Crippen LogP contribution in [0.5, 0.6) is 0 Å². The van der Waals surface area contributed by atoms with Gasteiger partial charge in [-0.1, -0.05) is 6.92 Å². The summed E-state index contributed by atoms with van der Waals surface area (Å²) in [4.78, 5) is 11.1. The van der Waals surface area contributed by atoms with Gasteiger partial charge in [0.1, 0.15) is 5.78 Å². The molecule has 3 nitrogen and oxygen atoms in total. The molecule has 0 aromatic carbocycles. The Labute approximate surface area is 117 Å². The van der Waals surface area contributed by atoms with E-state index in [4.69, 9.17) is 8.85 Å². The first-order valence-electron chi connectivity index (χ1n) is 6.81. The molecule has 18 heavy (non-hydrogen) atoms. The van der Waals surface area contributed by atoms with Crippen LogP contribution in [0.1, 0.15) is 34.1 Å². The van der Waals surface area contributed by atoms with Crippen molar-refractivity contribution in [2.24, 2.45) is 5.92 Å². The zero-order valence-electron chi connectivity index (χ0n) is 12.5. The standard InChI is InChI=1S/C13H28O3SSi/c1-6-15-18(5,16-7-2)10-8-9-17-11-12(3)13(4)14/h12H,6-11H2,1-5H3. The lowest BCUT2D eigenvalue weighted by molar-refractivity contribution is -0.119. The summed E-state index contributed by atoms with van der Waals surface area (Å²) >= 11 is 1.86. The molecule has 0 saturated heterocycles. The molecule has 0 aromatic rings. The number of carbonyl (C=O) groups is 1. The highest BCUT2D eigenvalue weighted by molar-refractivity contribution is 7.99. The Morgan fingerprint density at radius 3 is 2.28 bits per heavy atom. The van der Waals surface area contributed by atoms with Crippen LogP contribution in [0.3, 0.4) is 0 Å². The normalized spacial score (nSPS) is 13.6. The minimum Gasteiger partial charge on any atom is -0.395 e. The maximum absolute atomic E-state index is 11.1. The topological polar surface area (TPSA) is 35.5 Å². The summed E-state index contributed by atoms with van der Waals surface area (Å²) in [5.41, 5.74) is 0. The number of Topliss-reactive ketones (excluding diaryl/α,β-unsaturated/α-hetero) is 1. The molecule has 108 valence electrons. The minimum atomic E-state index is -1.93. The fourth-order valence-corrected chi connectivity index (χ4v) is 5.44. The predicted molar refractivity (Wildman–Crippen MR) is 81.5 cm³/mol. The van der Waals surface area contributed by atoms with Crippen molar-refractivity contribution in [1.29, 1.82) is 0 Å². The third-order valence-electron chi connectivity index (χ3n) is 2.88. The van der Waals surface area contributed by atoms with Gasteiger partial charge in [-0.15, -0.1) is 0 Å². The van der Waals surface area contributed by atoms with Crippen LogP contribution in [0.15, 0.2) is 0 Å². The van der Waals surface area contributed by atoms with Crippen LogP contribution in [0.25, 0.3) is 0 Å². The third kappa shape index (κ3) is 8.29. The van der Waals surface area contributed by atoms with Gasteiger partial charge in [0.05, 0.1) is 0 Å². The van der Waals surface area contributed by atoms with E-state index in [1.807, 2.05) is 32.5 Å². The highest BCUT2D eigenvalue weighted by Gasteiger charge is 2.29. The average Bonchev–Trinajstić information content (AvgIpc) is 2.28. The minimum absolute atomic E-state index is 0.178. The van der Waals surface area contributed by atoms with E-state index in [1.165, 1.54) is 0 Å². The van der Waals surface area contributed by atoms with Crippen molar-refractivity contribution < 1.29 is 13.6 Å². The van der Waals surface area contributed by atoms with Crippen molar-refractivity contribution >= 4 is 26.1 Å². The Balaban J connectivity index is 3.76. The summed E-state index contributed by atoms with van der Waals surface area (Å²) in [5, 5.41) is 0. The van der Waals surface area contributed by atoms with Gasteiger partial charge in [-0.2, -0.15) is 11.8 Å². The predicted octanol–water partition coefficient (Wildman–Crippen LogP) is 3.48. The molecule has 0 amide bonds. The second-order valence-electron chi connectivity index (χ2n) is 4.69. The Hall–Kier alpha value is 0.157. The van der Waals surface area contributed by atoms with Gasteiger partial charge in [0, 0.05) is 24.9 Å². The van der Waals surface area contributed by atoms with Crippen LogP contribution in [-0.4, -0.2) is 39.1 Å². The van der Waals surface area contributed by atoms with Gasteiger partial charge in [0.2, 0.25) is 0 Å². The van der Waals surface area contributed by atoms with Gasteiger partial charge in [0.15, 0.2) is 0 Å². The molecule has 0 aliphatic carbocycles. The number of rotatable bonds is 11. The molecular weight excluding hydrogens is 264 g/mol. The monoisotopic (exact) mass is 292 g/mol. The summed E-state index contributed by atoms with van der Waals surface area (Å²) < 4.78 is 11.6. The molecule has 0 radical (unpaired) electrons. The third-order valence-corrected chi connectivity index (χ3v) is 7.25. The highest BCUT2D eigenvalue weighted by Crippen LogP contribution is 2.19. The van der Waals surface area contributed by atoms with Crippen molar-refractivity contribution in [1.82, 2.24) is 0 Å². The first kappa shape index (κ1) is 18.2. The Bertz CT molecular complexity index is 230. The van der Waals surface area contributed by atoms with Crippen LogP contribution in [0.4, 0.5) is 0 Å². The van der Waals surface area contributed by atoms with Crippen molar-refractivity contribution in [3.63, 3.8) is 0 Å². The van der Waals surface area contributed by atoms with Crippen molar-refractivity contribution in [3.05, 3.63) is 0 Å². The SMILES string of the molecule is CCO[Si](C)(CCCSCC(C)C(C)=O)OCC. The molecule has 0 aliphatic rings. The first-order valence-corrected chi connectivity index (χ1v) is 10.5. The van der Waals surface area contributed by atoms with Crippen molar-refractivity contribution in [2.45, 2.75) is 46.7 Å². The fraction of sp³-hybridized carbons (Fsp3) is 0.923. The lowest BCUT2D eigenvalue weighted by Crippen LogP contribution is -2.38. The molecule has 0 N–H and O–H groups in total. The second kappa shape index (κ2) is 10.0. The molecular formula is C13H28O3SSi. The molecule has 0 aliphatic heterocycles. The van der Waals surface area contributed by atoms with E-state index in [1.54, 1.807) is 6.92 Å². The Morgan fingerprint density at radius 2 is 1.83 bits per heavy atom. The Kier molecular flexibility index (Phi) is 10.1. The summed E-state index contributed by atoms with van der Waals surface area (Å²) in [6.07, 6.45) is 1.11. The van der Waals surface area contributed by atoms with E-state index in [0.717, 1.165) is 37.2 Å². The maximum atomic E-state index is 11.1. The molecule has 0 saturated carbocycles. The molecule has 0 bridgehead atoms. The van der Waals surface area contributed by atoms with E-state index in [0.29, 0.717) is 0 Å². The van der Waals surface area contributed by atoms with Crippen LogP contribution >= 0.6 is 11.8 Å². The van der Waals surface area contributed by atoms with E-state index < -0.39 is 8.56 Å². The second-order valence-corrected chi connectivity index (χ2v) is 9.18. The van der Waals surface area contributed by atoms with Crippen LogP contribution < -0.4 is 0 Å². The summed E-state index contributed by atoms with van der Waals surface area (Å²) in [5.74, 6) is 2.47. The smallest absolute Gasteiger partial charge is 0.334 e. The quantitative estimate of drug-likeness (QED) is 0.431. The maximum Gasteiger partial charge on any atom is 0.334 e. The lowest BCUT2D eigenvalue weighted by Gasteiger charge is -2.25. The Morgan fingerprint density at radius 1 is 1.28 bits per heavy atom. The molecule has 0 spiro atoms. The van der Waals surface area contributed by atoms with Crippen LogP contribution in [-0.2, 0) is 13.6 Å². The molecule has 0 heterocycles. The zero-order valence-corrected chi connectivity index (χ0v) is 14.3. The van der Waals surface area contributed by atoms with E-state index in [-0.39, 0.29) is 11.7 Å². The van der Waals surface area contributed by atoms with Gasteiger partial charge in [0.25, 0.3) is 0 Å². The molecule has 5 heteroatoms. The molecule has 0 aromatic heterocycles. The molecule has 1 unspecified atom stereocenters. The molecule has 0 fully saturated rings. The van der Waals surface area contributed by atoms with E-state index in [2.05, 4.69) is 6.55 Å². The highest BCUT2D eigenvalue weighted by atomic mass is 32.2. The number of hydrogen-bond donors (Lipinski definition) is 0. The van der Waals surface area contributed by atoms with E-state index >= 15 is 0 Å². The first-order chi connectivity index (χ1) is 8.45. The largest absolute Gasteiger partial charge is 0.395 e. The summed E-state index contributed by atoms with van der Waals surface area (Å²) in [6, 6.07) is 1.04. The van der Waals surface area contributed by atoms with Crippen molar-refractivity contribution in [3.8, 4) is 0 Å². The number of ketones is 1. The van der Waals surface area contributed by atoms with Crippen LogP contribution in [0, 0.1) is 5.92 Å². The fourth-order valence-electron chi connectivity index (χ4n) is 1.67. The number of thioether (sulfide) groups is 1. The number of carbonyl (C=O) groups excluding carboxylic acids is 1. The van der Waals surface area contributed by atoms with E-state index in [9.17, 15) is 4.79 Å². The van der Waals surface area contributed by atoms with Gasteiger partial charge in [-0.05, 0) is 45.5 Å². The lowest BCUT2D eigenvalue weighted by atomic mass is 10.1. The summed E-state index contributed by atoms with van der Waals surface area (Å²) in [7, 11) is -1.93. The molecule has 0 rings (SSSR count). The van der Waals surface area contributed by atoms with Gasteiger partial charge in [-0.25, -0.2) is 0 Å². The van der Waals surface area contributed by atoms with Gasteiger partial charge >= 0.3 is 8.56 Å².